The van der Waals surface area contributed by atoms with Crippen LogP contribution < -0.4 is 0 Å². The highest BCUT2D eigenvalue weighted by Gasteiger charge is 2.21. The number of amides is 1. The minimum absolute atomic E-state index is 0.0633. The Labute approximate surface area is 116 Å². The first-order chi connectivity index (χ1) is 8.58. The maximum Gasteiger partial charge on any atom is 0.227 e. The number of hydrogen-bond acceptors (Lipinski definition) is 2. The van der Waals surface area contributed by atoms with Crippen LogP contribution in [0.1, 0.15) is 17.5 Å². The van der Waals surface area contributed by atoms with Gasteiger partial charge in [-0.2, -0.15) is 0 Å². The molecule has 2 rings (SSSR count). The molecular formula is C13H14Cl2N2O. The first-order valence-electron chi connectivity index (χ1n) is 5.78. The van der Waals surface area contributed by atoms with Crippen LogP contribution in [-0.4, -0.2) is 28.9 Å². The van der Waals surface area contributed by atoms with Gasteiger partial charge >= 0.3 is 0 Å². The molecule has 3 nitrogen and oxygen atoms in total. The highest BCUT2D eigenvalue weighted by molar-refractivity contribution is 6.39. The second-order valence-corrected chi connectivity index (χ2v) is 5.27. The Hall–Kier alpha value is -1.06. The zero-order valence-corrected chi connectivity index (χ0v) is 11.6. The fourth-order valence-corrected chi connectivity index (χ4v) is 2.25. The van der Waals surface area contributed by atoms with Gasteiger partial charge in [0.05, 0.1) is 18.0 Å². The maximum absolute atomic E-state index is 12.1. The van der Waals surface area contributed by atoms with E-state index in [0.29, 0.717) is 36.0 Å². The minimum Gasteiger partial charge on any atom is -0.337 e. The van der Waals surface area contributed by atoms with E-state index in [1.165, 1.54) is 0 Å². The molecule has 0 aromatic carbocycles. The zero-order chi connectivity index (χ0) is 13.1. The first-order valence-corrected chi connectivity index (χ1v) is 6.54. The summed E-state index contributed by atoms with van der Waals surface area (Å²) in [5.74, 6) is 0.0633. The third-order valence-electron chi connectivity index (χ3n) is 3.07. The Morgan fingerprint density at radius 2 is 2.22 bits per heavy atom. The molecule has 1 aliphatic rings. The molecular weight excluding hydrogens is 271 g/mol. The van der Waals surface area contributed by atoms with Crippen LogP contribution in [0, 0.1) is 6.92 Å². The van der Waals surface area contributed by atoms with E-state index in [0.717, 1.165) is 11.1 Å². The summed E-state index contributed by atoms with van der Waals surface area (Å²) in [5.41, 5.74) is 2.04. The lowest BCUT2D eigenvalue weighted by molar-refractivity contribution is -0.130. The molecule has 0 atom stereocenters. The van der Waals surface area contributed by atoms with E-state index in [1.807, 2.05) is 13.0 Å². The Morgan fingerprint density at radius 3 is 2.89 bits per heavy atom. The number of nitrogens with zero attached hydrogens (tertiary/aromatic N) is 2. The van der Waals surface area contributed by atoms with Crippen molar-refractivity contribution in [1.29, 1.82) is 0 Å². The summed E-state index contributed by atoms with van der Waals surface area (Å²) in [6.07, 6.45) is 4.46. The summed E-state index contributed by atoms with van der Waals surface area (Å²) in [6.45, 7) is 3.02. The van der Waals surface area contributed by atoms with Crippen molar-refractivity contribution < 1.29 is 4.79 Å². The third-order valence-corrected chi connectivity index (χ3v) is 3.93. The average Bonchev–Trinajstić information content (AvgIpc) is 2.35. The number of carbonyl (C=O) groups excluding carboxylic acids is 1. The van der Waals surface area contributed by atoms with Crippen molar-refractivity contribution in [2.75, 3.05) is 13.1 Å². The Bertz CT molecular complexity index is 500. The van der Waals surface area contributed by atoms with Gasteiger partial charge in [-0.1, -0.05) is 23.2 Å². The van der Waals surface area contributed by atoms with Crippen LogP contribution >= 0.6 is 23.2 Å². The van der Waals surface area contributed by atoms with Gasteiger partial charge in [0.25, 0.3) is 0 Å². The summed E-state index contributed by atoms with van der Waals surface area (Å²) in [7, 11) is 0. The lowest BCUT2D eigenvalue weighted by Gasteiger charge is -2.27. The molecule has 1 aromatic heterocycles. The fraction of sp³-hybridized carbons (Fsp3) is 0.385. The highest BCUT2D eigenvalue weighted by atomic mass is 35.5. The number of carbonyl (C=O) groups is 1. The van der Waals surface area contributed by atoms with Gasteiger partial charge in [0.1, 0.15) is 0 Å². The number of pyridine rings is 1. The van der Waals surface area contributed by atoms with Gasteiger partial charge < -0.3 is 4.90 Å². The van der Waals surface area contributed by atoms with E-state index in [4.69, 9.17) is 23.2 Å². The number of aromatic nitrogens is 1. The lowest BCUT2D eigenvalue weighted by Crippen LogP contribution is -2.36. The second-order valence-electron chi connectivity index (χ2n) is 4.35. The van der Waals surface area contributed by atoms with E-state index in [-0.39, 0.29) is 5.91 Å². The van der Waals surface area contributed by atoms with Crippen LogP contribution in [0.4, 0.5) is 0 Å². The molecule has 1 aromatic rings. The monoisotopic (exact) mass is 284 g/mol. The van der Waals surface area contributed by atoms with E-state index in [2.05, 4.69) is 4.98 Å². The van der Waals surface area contributed by atoms with Crippen molar-refractivity contribution in [1.82, 2.24) is 9.88 Å². The molecule has 0 bridgehead atoms. The zero-order valence-electron chi connectivity index (χ0n) is 10.1. The summed E-state index contributed by atoms with van der Waals surface area (Å²) < 4.78 is 0. The normalized spacial score (nSPS) is 16.1. The third kappa shape index (κ3) is 3.03. The van der Waals surface area contributed by atoms with Crippen LogP contribution in [0.25, 0.3) is 0 Å². The van der Waals surface area contributed by atoms with E-state index in [1.54, 1.807) is 17.3 Å². The van der Waals surface area contributed by atoms with Crippen molar-refractivity contribution in [2.24, 2.45) is 0 Å². The summed E-state index contributed by atoms with van der Waals surface area (Å²) in [6, 6.07) is 1.91. The van der Waals surface area contributed by atoms with E-state index in [9.17, 15) is 4.79 Å². The van der Waals surface area contributed by atoms with Crippen molar-refractivity contribution in [3.8, 4) is 0 Å². The molecule has 0 radical (unpaired) electrons. The van der Waals surface area contributed by atoms with Gasteiger partial charge in [0, 0.05) is 30.4 Å². The summed E-state index contributed by atoms with van der Waals surface area (Å²) in [4.78, 5) is 17.9. The molecule has 96 valence electrons. The van der Waals surface area contributed by atoms with Gasteiger partial charge in [-0.15, -0.1) is 0 Å². The molecule has 0 saturated heterocycles. The number of rotatable bonds is 2. The van der Waals surface area contributed by atoms with Crippen LogP contribution in [0.2, 0.25) is 0 Å². The Kier molecular flexibility index (Phi) is 4.25. The van der Waals surface area contributed by atoms with E-state index < -0.39 is 0 Å². The first kappa shape index (κ1) is 13.4. The molecule has 0 aliphatic carbocycles. The molecule has 2 heterocycles. The quantitative estimate of drug-likeness (QED) is 0.837. The van der Waals surface area contributed by atoms with Gasteiger partial charge in [-0.3, -0.25) is 9.78 Å². The highest BCUT2D eigenvalue weighted by Crippen LogP contribution is 2.24. The minimum atomic E-state index is 0.0633. The number of aryl methyl sites for hydroxylation is 1. The largest absolute Gasteiger partial charge is 0.337 e. The predicted molar refractivity (Wildman–Crippen MR) is 72.6 cm³/mol. The van der Waals surface area contributed by atoms with Gasteiger partial charge in [0.15, 0.2) is 0 Å². The lowest BCUT2D eigenvalue weighted by atomic mass is 10.1. The van der Waals surface area contributed by atoms with Crippen molar-refractivity contribution >= 4 is 29.1 Å². The smallest absolute Gasteiger partial charge is 0.227 e. The van der Waals surface area contributed by atoms with Crippen molar-refractivity contribution in [2.45, 2.75) is 19.8 Å². The number of hydrogen-bond donors (Lipinski definition) is 0. The molecule has 1 amide bonds. The van der Waals surface area contributed by atoms with Crippen LogP contribution in [0.3, 0.4) is 0 Å². The SMILES string of the molecule is Cc1ccncc1CC(=O)N1CCC(Cl)=C(Cl)C1. The Morgan fingerprint density at radius 1 is 1.44 bits per heavy atom. The van der Waals surface area contributed by atoms with Crippen LogP contribution in [0.5, 0.6) is 0 Å². The van der Waals surface area contributed by atoms with Crippen molar-refractivity contribution in [3.05, 3.63) is 39.7 Å². The predicted octanol–water partition coefficient (Wildman–Crippen LogP) is 2.85. The summed E-state index contributed by atoms with van der Waals surface area (Å²) >= 11 is 11.9. The molecule has 0 fully saturated rings. The molecule has 0 unspecified atom stereocenters. The van der Waals surface area contributed by atoms with Crippen LogP contribution in [0.15, 0.2) is 28.5 Å². The summed E-state index contributed by atoms with van der Waals surface area (Å²) in [5, 5.41) is 1.23. The van der Waals surface area contributed by atoms with E-state index >= 15 is 0 Å². The Balaban J connectivity index is 2.04. The molecule has 1 aliphatic heterocycles. The fourth-order valence-electron chi connectivity index (χ4n) is 1.87. The second kappa shape index (κ2) is 5.72. The van der Waals surface area contributed by atoms with Crippen molar-refractivity contribution in [3.63, 3.8) is 0 Å². The average molecular weight is 285 g/mol. The van der Waals surface area contributed by atoms with Gasteiger partial charge in [-0.25, -0.2) is 0 Å². The molecule has 0 saturated carbocycles. The standard InChI is InChI=1S/C13H14Cl2N2O/c1-9-2-4-16-7-10(9)6-13(18)17-5-3-11(14)12(15)8-17/h2,4,7H,3,5-6,8H2,1H3. The maximum atomic E-state index is 12.1. The number of halogens is 2. The van der Waals surface area contributed by atoms with Crippen LogP contribution in [-0.2, 0) is 11.2 Å². The molecule has 5 heteroatoms. The van der Waals surface area contributed by atoms with Gasteiger partial charge in [-0.05, 0) is 24.1 Å². The molecule has 18 heavy (non-hydrogen) atoms. The molecule has 0 spiro atoms. The van der Waals surface area contributed by atoms with Gasteiger partial charge in [0.2, 0.25) is 5.91 Å². The molecule has 0 N–H and O–H groups in total. The topological polar surface area (TPSA) is 33.2 Å².